The molecule has 0 radical (unpaired) electrons. The van der Waals surface area contributed by atoms with Gasteiger partial charge in [0, 0.05) is 81.9 Å². The van der Waals surface area contributed by atoms with Gasteiger partial charge in [-0.1, -0.05) is 425 Å². The second-order valence-corrected chi connectivity index (χ2v) is 36.8. The predicted octanol–water partition coefficient (Wildman–Crippen LogP) is 33.3. The van der Waals surface area contributed by atoms with E-state index in [4.69, 9.17) is 69.8 Å². The molecule has 14 heteroatoms. The van der Waals surface area contributed by atoms with Gasteiger partial charge in [0.15, 0.2) is 40.8 Å². The van der Waals surface area contributed by atoms with Crippen molar-refractivity contribution in [3.63, 3.8) is 0 Å². The Morgan fingerprint density at radius 1 is 0.108 bits per heavy atom. The molecule has 0 aliphatic heterocycles. The molecular formula is C134H82N14. The first-order chi connectivity index (χ1) is 73.3. The lowest BCUT2D eigenvalue weighted by Gasteiger charge is -2.13. The lowest BCUT2D eigenvalue weighted by Crippen LogP contribution is -2.02. The van der Waals surface area contributed by atoms with E-state index in [0.717, 1.165) is 182 Å². The second kappa shape index (κ2) is 37.3. The highest BCUT2D eigenvalue weighted by Gasteiger charge is 2.25. The summed E-state index contributed by atoms with van der Waals surface area (Å²) in [4.78, 5) is 71.8. The van der Waals surface area contributed by atoms with Crippen molar-refractivity contribution in [2.45, 2.75) is 0 Å². The van der Waals surface area contributed by atoms with Gasteiger partial charge < -0.3 is 0 Å². The second-order valence-electron chi connectivity index (χ2n) is 36.8. The van der Waals surface area contributed by atoms with E-state index in [2.05, 4.69) is 370 Å². The van der Waals surface area contributed by atoms with Crippen LogP contribution >= 0.6 is 0 Å². The summed E-state index contributed by atoms with van der Waals surface area (Å²) in [6.45, 7) is 0. The highest BCUT2D eigenvalue weighted by atomic mass is 15.1. The van der Waals surface area contributed by atoms with Crippen molar-refractivity contribution in [1.29, 1.82) is 0 Å². The Morgan fingerprint density at radius 2 is 0.385 bits per heavy atom. The molecule has 9 aromatic heterocycles. The van der Waals surface area contributed by atoms with E-state index in [1.807, 2.05) is 127 Å². The van der Waals surface area contributed by atoms with E-state index in [1.54, 1.807) is 0 Å². The molecule has 148 heavy (non-hydrogen) atoms. The molecule has 0 saturated heterocycles. The van der Waals surface area contributed by atoms with E-state index in [1.165, 1.54) is 54.0 Å². The third-order valence-electron chi connectivity index (χ3n) is 27.9. The number of benzene rings is 20. The van der Waals surface area contributed by atoms with Crippen LogP contribution in [0.1, 0.15) is 0 Å². The molecule has 0 unspecified atom stereocenters. The van der Waals surface area contributed by atoms with Gasteiger partial charge in [0.25, 0.3) is 0 Å². The lowest BCUT2D eigenvalue weighted by atomic mass is 9.96. The topological polar surface area (TPSA) is 180 Å². The Balaban J connectivity index is 0.000000110. The molecule has 0 atom stereocenters. The van der Waals surface area contributed by atoms with Crippen LogP contribution < -0.4 is 0 Å². The maximum absolute atomic E-state index is 5.23. The van der Waals surface area contributed by atoms with Crippen molar-refractivity contribution >= 4 is 140 Å². The molecule has 0 aliphatic carbocycles. The van der Waals surface area contributed by atoms with Gasteiger partial charge >= 0.3 is 0 Å². The van der Waals surface area contributed by atoms with E-state index in [9.17, 15) is 0 Å². The average molecular weight is 1890 g/mol. The molecule has 0 bridgehead atoms. The van der Waals surface area contributed by atoms with E-state index in [-0.39, 0.29) is 0 Å². The number of pyridine rings is 6. The molecule has 14 nitrogen and oxygen atoms in total. The number of nitrogens with zero attached hydrogens (tertiary/aromatic N) is 14. The lowest BCUT2D eigenvalue weighted by molar-refractivity contribution is 1.06. The van der Waals surface area contributed by atoms with Gasteiger partial charge in [-0.25, -0.2) is 69.8 Å². The van der Waals surface area contributed by atoms with Crippen molar-refractivity contribution in [3.8, 4) is 148 Å². The van der Waals surface area contributed by atoms with E-state index in [0.29, 0.717) is 52.2 Å². The zero-order chi connectivity index (χ0) is 97.9. The Hall–Kier alpha value is -20.2. The van der Waals surface area contributed by atoms with Crippen molar-refractivity contribution in [1.82, 2.24) is 69.8 Å². The molecule has 0 amide bonds. The van der Waals surface area contributed by atoms with Gasteiger partial charge in [-0.2, -0.15) is 0 Å². The van der Waals surface area contributed by atoms with E-state index < -0.39 is 0 Å². The van der Waals surface area contributed by atoms with Crippen LogP contribution in [0.2, 0.25) is 0 Å². The van der Waals surface area contributed by atoms with Gasteiger partial charge in [0.2, 0.25) is 0 Å². The van der Waals surface area contributed by atoms with Crippen molar-refractivity contribution in [2.24, 2.45) is 0 Å². The minimum Gasteiger partial charge on any atom is -0.245 e. The monoisotopic (exact) mass is 1890 g/mol. The van der Waals surface area contributed by atoms with Gasteiger partial charge in [-0.3, -0.25) is 0 Å². The molecular weight excluding hydrogens is 1810 g/mol. The standard InChI is InChI=1S/2C45H27N5.C44H28N4/c1-4-17-31-28(12-1)15-9-21-34(31)43-48-44(35-22-10-16-29-13-2-5-18-32(29)35)50-45(49-43)40-25-11-24-39(46-40)42-37-27-26-30-14-3-6-19-33(30)41(37)36-20-7-8-23-38(36)47-42;1-3-13-31-26-33(22-20-28(31)10-1)43-48-44(34-23-21-29-11-2-4-14-32(29)27-34)50-45(49-43)40-19-9-18-39(46-40)42-37-25-24-30-12-5-6-15-35(30)41(37)36-16-7-8-17-38(36)47-42;1-3-12-29(13-4-1)30-22-24-32(25-23-30)40-28-41(48-44(47-40)33-15-5-2-6-16-33)38-20-11-21-39(45-38)43-36-27-26-31-14-7-8-17-34(31)42(36)35-18-9-10-19-37(35)46-43/h2*1-27H;1-28H. The van der Waals surface area contributed by atoms with Crippen molar-refractivity contribution < 1.29 is 0 Å². The Labute approximate surface area is 849 Å². The third-order valence-corrected chi connectivity index (χ3v) is 27.9. The number of rotatable bonds is 13. The SMILES string of the molecule is c1cc(-c2nc(-c3ccc4ccccc4c3)nc(-c3ccc4ccccc4c3)n2)nc(-c2nc3ccccc3c3c2ccc2ccccc23)c1.c1cc(-c2nc(-c3cccc4ccccc34)nc(-c3cccc4ccccc34)n2)nc(-c2nc3ccccc3c3c2ccc2ccccc23)c1.c1ccc(-c2ccc(-c3cc(-c4cccc(-c5nc6ccccc6c6c5ccc5ccccc56)n4)nc(-c4ccccc4)n3)cc2)cc1. The summed E-state index contributed by atoms with van der Waals surface area (Å²) in [5.41, 5.74) is 19.3. The average Bonchev–Trinajstić information content (AvgIpc) is 0.742. The molecule has 29 rings (SSSR count). The fraction of sp³-hybridized carbons (Fsp3) is 0. The van der Waals surface area contributed by atoms with Crippen LogP contribution in [-0.2, 0) is 0 Å². The van der Waals surface area contributed by atoms with Crippen LogP contribution in [0.4, 0.5) is 0 Å². The highest BCUT2D eigenvalue weighted by molar-refractivity contribution is 6.25. The Bertz CT molecular complexity index is 10100. The number of aromatic nitrogens is 14. The maximum Gasteiger partial charge on any atom is 0.182 e. The fourth-order valence-corrected chi connectivity index (χ4v) is 20.7. The fourth-order valence-electron chi connectivity index (χ4n) is 20.7. The Kier molecular flexibility index (Phi) is 21.9. The van der Waals surface area contributed by atoms with Gasteiger partial charge in [0.1, 0.15) is 11.4 Å². The summed E-state index contributed by atoms with van der Waals surface area (Å²) in [5.74, 6) is 4.05. The van der Waals surface area contributed by atoms with Gasteiger partial charge in [-0.15, -0.1) is 0 Å². The number of fused-ring (bicyclic) bond motifs is 19. The molecule has 9 heterocycles. The molecule has 688 valence electrons. The zero-order valence-electron chi connectivity index (χ0n) is 79.6. The molecule has 0 N–H and O–H groups in total. The predicted molar refractivity (Wildman–Crippen MR) is 607 cm³/mol. The summed E-state index contributed by atoms with van der Waals surface area (Å²) >= 11 is 0. The first kappa shape index (κ1) is 86.8. The molecule has 0 aliphatic rings. The van der Waals surface area contributed by atoms with Crippen LogP contribution in [0.15, 0.2) is 497 Å². The molecule has 0 spiro atoms. The van der Waals surface area contributed by atoms with Crippen LogP contribution in [0, 0.1) is 0 Å². The molecule has 0 saturated carbocycles. The van der Waals surface area contributed by atoms with Crippen molar-refractivity contribution in [3.05, 3.63) is 497 Å². The van der Waals surface area contributed by atoms with Crippen LogP contribution in [0.25, 0.3) is 288 Å². The zero-order valence-corrected chi connectivity index (χ0v) is 79.6. The Morgan fingerprint density at radius 3 is 0.818 bits per heavy atom. The maximum atomic E-state index is 5.23. The highest BCUT2D eigenvalue weighted by Crippen LogP contribution is 2.44. The van der Waals surface area contributed by atoms with Crippen LogP contribution in [0.3, 0.4) is 0 Å². The number of hydrogen-bond donors (Lipinski definition) is 0. The van der Waals surface area contributed by atoms with Gasteiger partial charge in [-0.05, 0) is 159 Å². The van der Waals surface area contributed by atoms with Crippen LogP contribution in [-0.4, -0.2) is 69.8 Å². The normalized spacial score (nSPS) is 11.5. The van der Waals surface area contributed by atoms with Crippen LogP contribution in [0.5, 0.6) is 0 Å². The summed E-state index contributed by atoms with van der Waals surface area (Å²) in [6.07, 6.45) is 0. The molecule has 29 aromatic rings. The summed E-state index contributed by atoms with van der Waals surface area (Å²) < 4.78 is 0. The quantitative estimate of drug-likeness (QED) is 0.0995. The summed E-state index contributed by atoms with van der Waals surface area (Å²) in [5, 5.41) is 26.3. The smallest absolute Gasteiger partial charge is 0.182 e. The number of para-hydroxylation sites is 3. The first-order valence-corrected chi connectivity index (χ1v) is 49.4. The first-order valence-electron chi connectivity index (χ1n) is 49.4. The van der Waals surface area contributed by atoms with E-state index >= 15 is 0 Å². The van der Waals surface area contributed by atoms with Crippen molar-refractivity contribution in [2.75, 3.05) is 0 Å². The minimum absolute atomic E-state index is 0.503. The minimum atomic E-state index is 0.503. The third kappa shape index (κ3) is 16.3. The largest absolute Gasteiger partial charge is 0.245 e. The number of hydrogen-bond acceptors (Lipinski definition) is 14. The summed E-state index contributed by atoms with van der Waals surface area (Å²) in [7, 11) is 0. The van der Waals surface area contributed by atoms with Gasteiger partial charge in [0.05, 0.1) is 67.8 Å². The summed E-state index contributed by atoms with van der Waals surface area (Å²) in [6, 6.07) is 171. The molecule has 0 fully saturated rings. The molecule has 20 aromatic carbocycles.